The minimum atomic E-state index is -0.445. The van der Waals surface area contributed by atoms with Crippen LogP contribution in [0.1, 0.15) is 24.2 Å². The molecule has 0 radical (unpaired) electrons. The second-order valence-corrected chi connectivity index (χ2v) is 6.57. The minimum absolute atomic E-state index is 0.00957. The summed E-state index contributed by atoms with van der Waals surface area (Å²) < 4.78 is 0. The average Bonchev–Trinajstić information content (AvgIpc) is 2.74. The summed E-state index contributed by atoms with van der Waals surface area (Å²) in [6, 6.07) is 23.3. The van der Waals surface area contributed by atoms with E-state index in [2.05, 4.69) is 20.9 Å². The lowest BCUT2D eigenvalue weighted by Crippen LogP contribution is -2.31. The van der Waals surface area contributed by atoms with Crippen LogP contribution in [-0.4, -0.2) is 17.7 Å². The summed E-state index contributed by atoms with van der Waals surface area (Å²) in [5, 5.41) is 14.4. The summed E-state index contributed by atoms with van der Waals surface area (Å²) in [5.41, 5.74) is 3.57. The third kappa shape index (κ3) is 5.84. The highest BCUT2D eigenvalue weighted by atomic mass is 16.2. The van der Waals surface area contributed by atoms with Gasteiger partial charge in [0.2, 0.25) is 5.91 Å². The minimum Gasteiger partial charge on any atom is -0.374 e. The number of amides is 1. The van der Waals surface area contributed by atoms with E-state index in [-0.39, 0.29) is 11.7 Å². The van der Waals surface area contributed by atoms with Crippen LogP contribution >= 0.6 is 0 Å². The fraction of sp³-hybridized carbons (Fsp3) is 0.130. The lowest BCUT2D eigenvalue weighted by Gasteiger charge is -2.15. The monoisotopic (exact) mass is 386 g/mol. The molecule has 29 heavy (non-hydrogen) atoms. The Bertz CT molecular complexity index is 997. The van der Waals surface area contributed by atoms with Crippen molar-refractivity contribution >= 4 is 34.4 Å². The van der Waals surface area contributed by atoms with Gasteiger partial charge >= 0.3 is 0 Å². The predicted octanol–water partition coefficient (Wildman–Crippen LogP) is 5.74. The van der Waals surface area contributed by atoms with Crippen molar-refractivity contribution in [2.24, 2.45) is 10.2 Å². The van der Waals surface area contributed by atoms with Crippen molar-refractivity contribution in [3.63, 3.8) is 0 Å². The van der Waals surface area contributed by atoms with Gasteiger partial charge in [-0.3, -0.25) is 9.59 Å². The highest BCUT2D eigenvalue weighted by Gasteiger charge is 2.13. The summed E-state index contributed by atoms with van der Waals surface area (Å²) in [6.07, 6.45) is 0. The van der Waals surface area contributed by atoms with Gasteiger partial charge in [0.25, 0.3) is 0 Å². The van der Waals surface area contributed by atoms with Gasteiger partial charge in [-0.1, -0.05) is 18.2 Å². The molecular formula is C23H22N4O2. The molecule has 0 aliphatic carbocycles. The van der Waals surface area contributed by atoms with E-state index in [1.807, 2.05) is 54.6 Å². The molecule has 1 amide bonds. The first-order valence-corrected chi connectivity index (χ1v) is 9.26. The number of benzene rings is 3. The zero-order chi connectivity index (χ0) is 20.6. The molecule has 0 saturated carbocycles. The molecule has 0 saturated heterocycles. The molecule has 3 aromatic rings. The Labute approximate surface area is 169 Å². The molecule has 0 spiro atoms. The van der Waals surface area contributed by atoms with Gasteiger partial charge in [-0.2, -0.15) is 10.2 Å². The highest BCUT2D eigenvalue weighted by Crippen LogP contribution is 2.20. The van der Waals surface area contributed by atoms with E-state index in [1.165, 1.54) is 6.92 Å². The van der Waals surface area contributed by atoms with E-state index in [4.69, 9.17) is 0 Å². The number of Topliss-reactive ketones (excluding diaryl/α,β-unsaturated/α-hetero) is 1. The van der Waals surface area contributed by atoms with Gasteiger partial charge in [0, 0.05) is 16.9 Å². The van der Waals surface area contributed by atoms with E-state index in [0.717, 1.165) is 17.1 Å². The molecule has 0 fully saturated rings. The van der Waals surface area contributed by atoms with Crippen LogP contribution in [0.2, 0.25) is 0 Å². The number of nitrogens with one attached hydrogen (secondary N) is 2. The molecule has 3 rings (SSSR count). The van der Waals surface area contributed by atoms with Crippen LogP contribution in [0.4, 0.5) is 22.7 Å². The molecule has 6 nitrogen and oxygen atoms in total. The molecule has 0 aromatic heterocycles. The number of hydrogen-bond donors (Lipinski definition) is 2. The van der Waals surface area contributed by atoms with Crippen molar-refractivity contribution in [1.82, 2.24) is 0 Å². The summed E-state index contributed by atoms with van der Waals surface area (Å²) in [4.78, 5) is 23.7. The molecule has 6 heteroatoms. The van der Waals surface area contributed by atoms with Crippen molar-refractivity contribution in [2.75, 3.05) is 10.6 Å². The average molecular weight is 386 g/mol. The number of anilines is 2. The third-order valence-electron chi connectivity index (χ3n) is 4.24. The molecular weight excluding hydrogens is 364 g/mol. The maximum atomic E-state index is 12.4. The first kappa shape index (κ1) is 19.9. The number of hydrogen-bond acceptors (Lipinski definition) is 5. The van der Waals surface area contributed by atoms with E-state index in [9.17, 15) is 9.59 Å². The smallest absolute Gasteiger partial charge is 0.246 e. The quantitative estimate of drug-likeness (QED) is 0.401. The molecule has 0 aliphatic rings. The second kappa shape index (κ2) is 9.41. The Morgan fingerprint density at radius 2 is 1.31 bits per heavy atom. The van der Waals surface area contributed by atoms with Gasteiger partial charge in [0.15, 0.2) is 5.78 Å². The lowest BCUT2D eigenvalue weighted by atomic mass is 10.1. The van der Waals surface area contributed by atoms with Gasteiger partial charge in [-0.05, 0) is 74.5 Å². The fourth-order valence-electron chi connectivity index (χ4n) is 2.59. The summed E-state index contributed by atoms with van der Waals surface area (Å²) in [6.45, 7) is 3.29. The SMILES string of the molecule is CC(=O)c1ccc(NC(=O)[C@H](C)Nc2ccc(N=Nc3ccccc3)cc2)cc1. The molecule has 3 aromatic carbocycles. The van der Waals surface area contributed by atoms with Gasteiger partial charge in [0.1, 0.15) is 6.04 Å². The summed E-state index contributed by atoms with van der Waals surface area (Å²) in [7, 11) is 0. The standard InChI is InChI=1S/C23H22N4O2/c1-16(23(29)25-20-10-8-18(9-11-20)17(2)28)24-19-12-14-22(15-13-19)27-26-21-6-4-3-5-7-21/h3-16,24H,1-2H3,(H,25,29)/t16-/m0/s1. The molecule has 146 valence electrons. The van der Waals surface area contributed by atoms with Crippen LogP contribution in [0.25, 0.3) is 0 Å². The van der Waals surface area contributed by atoms with Crippen LogP contribution in [-0.2, 0) is 4.79 Å². The van der Waals surface area contributed by atoms with Gasteiger partial charge in [-0.15, -0.1) is 0 Å². The zero-order valence-corrected chi connectivity index (χ0v) is 16.3. The molecule has 1 atom stereocenters. The van der Waals surface area contributed by atoms with E-state index in [0.29, 0.717) is 11.3 Å². The van der Waals surface area contributed by atoms with Gasteiger partial charge in [-0.25, -0.2) is 0 Å². The van der Waals surface area contributed by atoms with Crippen molar-refractivity contribution in [3.05, 3.63) is 84.4 Å². The number of nitrogens with zero attached hydrogens (tertiary/aromatic N) is 2. The fourth-order valence-corrected chi connectivity index (χ4v) is 2.59. The number of carbonyl (C=O) groups excluding carboxylic acids is 2. The zero-order valence-electron chi connectivity index (χ0n) is 16.3. The Morgan fingerprint density at radius 3 is 1.90 bits per heavy atom. The first-order valence-electron chi connectivity index (χ1n) is 9.26. The van der Waals surface area contributed by atoms with Crippen molar-refractivity contribution in [2.45, 2.75) is 19.9 Å². The van der Waals surface area contributed by atoms with Crippen LogP contribution < -0.4 is 10.6 Å². The Hall–Kier alpha value is -3.80. The maximum Gasteiger partial charge on any atom is 0.246 e. The maximum absolute atomic E-state index is 12.4. The lowest BCUT2D eigenvalue weighted by molar-refractivity contribution is -0.116. The molecule has 0 unspecified atom stereocenters. The number of carbonyl (C=O) groups is 2. The van der Waals surface area contributed by atoms with Crippen LogP contribution in [0, 0.1) is 0 Å². The van der Waals surface area contributed by atoms with E-state index in [1.54, 1.807) is 31.2 Å². The molecule has 2 N–H and O–H groups in total. The molecule has 0 aliphatic heterocycles. The summed E-state index contributed by atoms with van der Waals surface area (Å²) in [5.74, 6) is -0.182. The number of ketones is 1. The van der Waals surface area contributed by atoms with Crippen molar-refractivity contribution in [3.8, 4) is 0 Å². The van der Waals surface area contributed by atoms with Crippen LogP contribution in [0.5, 0.6) is 0 Å². The first-order chi connectivity index (χ1) is 14.0. The van der Waals surface area contributed by atoms with Crippen molar-refractivity contribution in [1.29, 1.82) is 0 Å². The highest BCUT2D eigenvalue weighted by molar-refractivity contribution is 5.97. The predicted molar refractivity (Wildman–Crippen MR) is 115 cm³/mol. The van der Waals surface area contributed by atoms with E-state index < -0.39 is 6.04 Å². The molecule has 0 bridgehead atoms. The van der Waals surface area contributed by atoms with Gasteiger partial charge in [0.05, 0.1) is 11.4 Å². The van der Waals surface area contributed by atoms with Gasteiger partial charge < -0.3 is 10.6 Å². The summed E-state index contributed by atoms with van der Waals surface area (Å²) >= 11 is 0. The normalized spacial score (nSPS) is 11.8. The topological polar surface area (TPSA) is 82.9 Å². The molecule has 0 heterocycles. The Balaban J connectivity index is 1.55. The third-order valence-corrected chi connectivity index (χ3v) is 4.24. The van der Waals surface area contributed by atoms with Crippen molar-refractivity contribution < 1.29 is 9.59 Å². The number of rotatable bonds is 7. The second-order valence-electron chi connectivity index (χ2n) is 6.57. The Morgan fingerprint density at radius 1 is 0.759 bits per heavy atom. The van der Waals surface area contributed by atoms with Crippen LogP contribution in [0.15, 0.2) is 89.1 Å². The van der Waals surface area contributed by atoms with Crippen LogP contribution in [0.3, 0.4) is 0 Å². The Kier molecular flexibility index (Phi) is 6.47. The van der Waals surface area contributed by atoms with E-state index >= 15 is 0 Å². The number of azo groups is 1. The largest absolute Gasteiger partial charge is 0.374 e.